The third kappa shape index (κ3) is 9.05. The molecular weight excluding hydrogens is 482 g/mol. The van der Waals surface area contributed by atoms with Crippen LogP contribution < -0.4 is 22.1 Å². The number of carboxylic acids is 1. The van der Waals surface area contributed by atoms with Crippen molar-refractivity contribution in [1.29, 1.82) is 0 Å². The van der Waals surface area contributed by atoms with Crippen LogP contribution in [0, 0.1) is 5.92 Å². The van der Waals surface area contributed by atoms with E-state index in [1.165, 1.54) is 17.0 Å². The Kier molecular flexibility index (Phi) is 10.9. The summed E-state index contributed by atoms with van der Waals surface area (Å²) in [5, 5.41) is 24.4. The maximum atomic E-state index is 13.4. The van der Waals surface area contributed by atoms with Gasteiger partial charge in [0.25, 0.3) is 0 Å². The van der Waals surface area contributed by atoms with Crippen LogP contribution in [0.3, 0.4) is 0 Å². The van der Waals surface area contributed by atoms with E-state index in [0.717, 1.165) is 0 Å². The number of nitrogens with zero attached hydrogens (tertiary/aromatic N) is 1. The van der Waals surface area contributed by atoms with Crippen LogP contribution in [0.4, 0.5) is 0 Å². The summed E-state index contributed by atoms with van der Waals surface area (Å²) in [6, 6.07) is 1.90. The number of benzene rings is 1. The summed E-state index contributed by atoms with van der Waals surface area (Å²) < 4.78 is 0. The molecule has 8 N–H and O–H groups in total. The number of carboxylic acid groups (broad SMARTS) is 1. The number of nitrogens with one attached hydrogen (secondary N) is 2. The van der Waals surface area contributed by atoms with Crippen LogP contribution >= 0.6 is 0 Å². The van der Waals surface area contributed by atoms with Crippen LogP contribution in [0.1, 0.15) is 51.5 Å². The van der Waals surface area contributed by atoms with Crippen molar-refractivity contribution in [2.24, 2.45) is 17.4 Å². The first kappa shape index (κ1) is 29.6. The van der Waals surface area contributed by atoms with Crippen LogP contribution in [0.2, 0.25) is 0 Å². The number of nitrogens with two attached hydrogens (primary N) is 2. The second-order valence-corrected chi connectivity index (χ2v) is 9.76. The lowest BCUT2D eigenvalue weighted by atomic mass is 10.00. The number of likely N-dealkylation sites (tertiary alicyclic amines) is 1. The first-order valence-corrected chi connectivity index (χ1v) is 12.3. The summed E-state index contributed by atoms with van der Waals surface area (Å²) in [6.45, 7) is 4.03. The van der Waals surface area contributed by atoms with Crippen LogP contribution in [0.5, 0.6) is 5.75 Å². The van der Waals surface area contributed by atoms with E-state index < -0.39 is 53.8 Å². The van der Waals surface area contributed by atoms with E-state index in [1.54, 1.807) is 12.1 Å². The van der Waals surface area contributed by atoms with Gasteiger partial charge in [-0.1, -0.05) is 26.0 Å². The van der Waals surface area contributed by atoms with Gasteiger partial charge in [0, 0.05) is 19.4 Å². The van der Waals surface area contributed by atoms with Crippen molar-refractivity contribution < 1.29 is 34.2 Å². The smallest absolute Gasteiger partial charge is 0.326 e. The monoisotopic (exact) mass is 519 g/mol. The lowest BCUT2D eigenvalue weighted by Crippen LogP contribution is -2.58. The molecule has 1 heterocycles. The fraction of sp³-hybridized carbons (Fsp3) is 0.560. The highest BCUT2D eigenvalue weighted by atomic mass is 16.4. The molecule has 1 saturated heterocycles. The van der Waals surface area contributed by atoms with Crippen molar-refractivity contribution in [3.63, 3.8) is 0 Å². The molecule has 2 rings (SSSR count). The number of aromatic hydroxyl groups is 1. The van der Waals surface area contributed by atoms with Gasteiger partial charge in [0.1, 0.15) is 23.9 Å². The molecule has 0 aromatic heterocycles. The molecule has 204 valence electrons. The molecule has 12 nitrogen and oxygen atoms in total. The van der Waals surface area contributed by atoms with Crippen LogP contribution in [-0.2, 0) is 30.4 Å². The molecule has 1 aliphatic heterocycles. The van der Waals surface area contributed by atoms with E-state index in [9.17, 15) is 34.2 Å². The number of primary amides is 1. The van der Waals surface area contributed by atoms with Gasteiger partial charge in [0.2, 0.25) is 23.6 Å². The average molecular weight is 520 g/mol. The minimum absolute atomic E-state index is 0.00525. The van der Waals surface area contributed by atoms with Gasteiger partial charge in [-0.3, -0.25) is 19.2 Å². The lowest BCUT2D eigenvalue weighted by Gasteiger charge is -2.30. The molecule has 0 bridgehead atoms. The number of rotatable bonds is 13. The molecule has 12 heteroatoms. The molecule has 0 radical (unpaired) electrons. The zero-order chi connectivity index (χ0) is 27.7. The summed E-state index contributed by atoms with van der Waals surface area (Å²) in [7, 11) is 0. The van der Waals surface area contributed by atoms with E-state index in [1.807, 2.05) is 13.8 Å². The fourth-order valence-corrected chi connectivity index (χ4v) is 4.24. The van der Waals surface area contributed by atoms with E-state index in [-0.39, 0.29) is 43.9 Å². The largest absolute Gasteiger partial charge is 0.508 e. The van der Waals surface area contributed by atoms with Crippen LogP contribution in [-0.4, -0.2) is 75.4 Å². The highest BCUT2D eigenvalue weighted by molar-refractivity contribution is 5.94. The van der Waals surface area contributed by atoms with Crippen molar-refractivity contribution in [2.75, 3.05) is 6.54 Å². The Morgan fingerprint density at radius 3 is 2.24 bits per heavy atom. The predicted octanol–water partition coefficient (Wildman–Crippen LogP) is -0.381. The van der Waals surface area contributed by atoms with Gasteiger partial charge in [0.05, 0.1) is 6.04 Å². The molecule has 4 atom stereocenters. The van der Waals surface area contributed by atoms with Crippen molar-refractivity contribution >= 4 is 29.6 Å². The Balaban J connectivity index is 2.24. The molecule has 4 unspecified atom stereocenters. The van der Waals surface area contributed by atoms with Gasteiger partial charge < -0.3 is 37.2 Å². The topological polar surface area (TPSA) is 205 Å². The minimum Gasteiger partial charge on any atom is -0.508 e. The first-order chi connectivity index (χ1) is 17.4. The Hall–Kier alpha value is -3.67. The van der Waals surface area contributed by atoms with Gasteiger partial charge >= 0.3 is 5.97 Å². The second kappa shape index (κ2) is 13.6. The van der Waals surface area contributed by atoms with Gasteiger partial charge in [-0.25, -0.2) is 4.79 Å². The Labute approximate surface area is 215 Å². The third-order valence-corrected chi connectivity index (χ3v) is 6.19. The maximum absolute atomic E-state index is 13.4. The van der Waals surface area contributed by atoms with Gasteiger partial charge in [-0.15, -0.1) is 0 Å². The predicted molar refractivity (Wildman–Crippen MR) is 134 cm³/mol. The molecule has 1 fully saturated rings. The summed E-state index contributed by atoms with van der Waals surface area (Å²) >= 11 is 0. The molecule has 0 aliphatic carbocycles. The molecule has 1 aliphatic rings. The SMILES string of the molecule is CC(C)CC(NC(=O)C(Cc1ccc(O)cc1)NC(=O)C(N)CCC(N)=O)C(=O)N1CCCC1C(=O)O. The van der Waals surface area contributed by atoms with Crippen LogP contribution in [0.25, 0.3) is 0 Å². The number of phenolic OH excluding ortho intramolecular Hbond substituents is 1. The van der Waals surface area contributed by atoms with E-state index in [4.69, 9.17) is 11.5 Å². The average Bonchev–Trinajstić information content (AvgIpc) is 3.32. The Morgan fingerprint density at radius 2 is 1.68 bits per heavy atom. The van der Waals surface area contributed by atoms with Gasteiger partial charge in [0.15, 0.2) is 0 Å². The number of carbonyl (C=O) groups excluding carboxylic acids is 4. The highest BCUT2D eigenvalue weighted by Gasteiger charge is 2.38. The second-order valence-electron chi connectivity index (χ2n) is 9.76. The van der Waals surface area contributed by atoms with E-state index in [2.05, 4.69) is 10.6 Å². The number of carbonyl (C=O) groups is 5. The normalized spacial score (nSPS) is 17.6. The van der Waals surface area contributed by atoms with Crippen molar-refractivity contribution in [3.05, 3.63) is 29.8 Å². The molecular formula is C25H37N5O7. The quantitative estimate of drug-likeness (QED) is 0.202. The third-order valence-electron chi connectivity index (χ3n) is 6.19. The number of amides is 4. The molecule has 1 aromatic carbocycles. The van der Waals surface area contributed by atoms with E-state index >= 15 is 0 Å². The summed E-state index contributed by atoms with van der Waals surface area (Å²) in [4.78, 5) is 63.3. The van der Waals surface area contributed by atoms with Crippen molar-refractivity contribution in [1.82, 2.24) is 15.5 Å². The van der Waals surface area contributed by atoms with Crippen molar-refractivity contribution in [2.45, 2.75) is 76.5 Å². The Bertz CT molecular complexity index is 982. The van der Waals surface area contributed by atoms with E-state index in [0.29, 0.717) is 18.4 Å². The number of hydrogen-bond donors (Lipinski definition) is 6. The first-order valence-electron chi connectivity index (χ1n) is 12.3. The zero-order valence-corrected chi connectivity index (χ0v) is 21.2. The molecule has 0 spiro atoms. The fourth-order valence-electron chi connectivity index (χ4n) is 4.24. The summed E-state index contributed by atoms with van der Waals surface area (Å²) in [5.74, 6) is -3.47. The molecule has 37 heavy (non-hydrogen) atoms. The number of phenols is 1. The summed E-state index contributed by atoms with van der Waals surface area (Å²) in [5.41, 5.74) is 11.6. The highest BCUT2D eigenvalue weighted by Crippen LogP contribution is 2.21. The zero-order valence-electron chi connectivity index (χ0n) is 21.2. The Morgan fingerprint density at radius 1 is 1.05 bits per heavy atom. The standard InChI is InChI=1S/C25H37N5O7/c1-14(2)12-19(24(35)30-11-3-4-20(30)25(36)37)29-23(34)18(13-15-5-7-16(31)8-6-15)28-22(33)17(26)9-10-21(27)32/h5-8,14,17-20,31H,3-4,9-13,26H2,1-2H3,(H2,27,32)(H,28,33)(H,29,34)(H,36,37). The van der Waals surface area contributed by atoms with Crippen LogP contribution in [0.15, 0.2) is 24.3 Å². The molecule has 1 aromatic rings. The minimum atomic E-state index is -1.13. The van der Waals surface area contributed by atoms with Crippen molar-refractivity contribution in [3.8, 4) is 5.75 Å². The lowest BCUT2D eigenvalue weighted by molar-refractivity contribution is -0.149. The number of hydrogen-bond acceptors (Lipinski definition) is 7. The van der Waals surface area contributed by atoms with Gasteiger partial charge in [-0.05, 0) is 49.3 Å². The maximum Gasteiger partial charge on any atom is 0.326 e. The van der Waals surface area contributed by atoms with Gasteiger partial charge in [-0.2, -0.15) is 0 Å². The number of aliphatic carboxylic acids is 1. The molecule has 0 saturated carbocycles. The molecule has 4 amide bonds. The summed E-state index contributed by atoms with van der Waals surface area (Å²) in [6.07, 6.45) is 1.08.